The first-order valence-corrected chi connectivity index (χ1v) is 6.60. The van der Waals surface area contributed by atoms with E-state index in [-0.39, 0.29) is 10.6 Å². The van der Waals surface area contributed by atoms with E-state index in [1.54, 1.807) is 0 Å². The minimum atomic E-state index is -1.07. The van der Waals surface area contributed by atoms with Crippen molar-refractivity contribution in [3.63, 3.8) is 0 Å². The Bertz CT molecular complexity index is 435. The molecular weight excluding hydrogens is 244 g/mol. The van der Waals surface area contributed by atoms with Gasteiger partial charge in [0.25, 0.3) is 0 Å². The van der Waals surface area contributed by atoms with Crippen molar-refractivity contribution in [2.75, 3.05) is 11.5 Å². The van der Waals surface area contributed by atoms with Crippen LogP contribution in [0.25, 0.3) is 0 Å². The van der Waals surface area contributed by atoms with E-state index in [0.29, 0.717) is 9.77 Å². The molecule has 16 heavy (non-hydrogen) atoms. The summed E-state index contributed by atoms with van der Waals surface area (Å²) in [7, 11) is 0. The number of unbranched alkanes of at least 4 members (excludes halogenated alkanes) is 1. The first kappa shape index (κ1) is 12.9. The highest BCUT2D eigenvalue weighted by atomic mass is 32.2. The second-order valence-electron chi connectivity index (χ2n) is 3.13. The van der Waals surface area contributed by atoms with Crippen LogP contribution in [-0.4, -0.2) is 16.8 Å². The summed E-state index contributed by atoms with van der Waals surface area (Å²) in [4.78, 5) is 10.9. The molecule has 6 heteroatoms. The molecule has 0 saturated carbocycles. The highest BCUT2D eigenvalue weighted by Crippen LogP contribution is 2.37. The smallest absolute Gasteiger partial charge is 0.348 e. The van der Waals surface area contributed by atoms with Gasteiger partial charge < -0.3 is 10.8 Å². The molecule has 86 valence electrons. The third-order valence-corrected chi connectivity index (χ3v) is 4.50. The maximum atomic E-state index is 10.8. The number of hydrogen-bond donors (Lipinski definition) is 2. The molecule has 0 amide bonds. The number of nitrogens with zero attached hydrogens (tertiary/aromatic N) is 1. The van der Waals surface area contributed by atoms with Gasteiger partial charge in [-0.1, -0.05) is 13.3 Å². The number of anilines is 1. The Morgan fingerprint density at radius 1 is 1.69 bits per heavy atom. The predicted octanol–water partition coefficient (Wildman–Crippen LogP) is 2.79. The number of thioether (sulfide) groups is 1. The van der Waals surface area contributed by atoms with Crippen molar-refractivity contribution < 1.29 is 9.90 Å². The number of aromatic carboxylic acids is 1. The van der Waals surface area contributed by atoms with Gasteiger partial charge >= 0.3 is 5.97 Å². The topological polar surface area (TPSA) is 87.1 Å². The van der Waals surface area contributed by atoms with E-state index < -0.39 is 5.97 Å². The molecular formula is C10H12N2O2S2. The van der Waals surface area contributed by atoms with Crippen LogP contribution in [0.2, 0.25) is 0 Å². The van der Waals surface area contributed by atoms with Crippen LogP contribution in [-0.2, 0) is 0 Å². The van der Waals surface area contributed by atoms with Crippen LogP contribution in [0.5, 0.6) is 0 Å². The van der Waals surface area contributed by atoms with E-state index in [2.05, 4.69) is 6.92 Å². The second-order valence-corrected chi connectivity index (χ2v) is 5.51. The molecule has 3 N–H and O–H groups in total. The minimum absolute atomic E-state index is 0.0653. The van der Waals surface area contributed by atoms with Gasteiger partial charge in [-0.2, -0.15) is 5.26 Å². The Morgan fingerprint density at radius 3 is 2.88 bits per heavy atom. The summed E-state index contributed by atoms with van der Waals surface area (Å²) in [5.74, 6) is -0.189. The normalized spacial score (nSPS) is 10.0. The summed E-state index contributed by atoms with van der Waals surface area (Å²) in [5.41, 5.74) is 6.02. The molecule has 0 unspecified atom stereocenters. The molecule has 1 aromatic heterocycles. The van der Waals surface area contributed by atoms with Gasteiger partial charge in [-0.25, -0.2) is 4.79 Å². The van der Waals surface area contributed by atoms with E-state index >= 15 is 0 Å². The highest BCUT2D eigenvalue weighted by molar-refractivity contribution is 8.01. The van der Waals surface area contributed by atoms with Gasteiger partial charge in [0.05, 0.1) is 9.90 Å². The van der Waals surface area contributed by atoms with Gasteiger partial charge in [0, 0.05) is 0 Å². The van der Waals surface area contributed by atoms with Crippen LogP contribution in [0.15, 0.2) is 4.21 Å². The standard InChI is InChI=1S/C10H12N2O2S2/c1-2-3-4-15-10-6(5-11)7(12)8(16-10)9(13)14/h2-4,12H2,1H3,(H,13,14). The van der Waals surface area contributed by atoms with Crippen molar-refractivity contribution in [3.8, 4) is 6.07 Å². The number of hydrogen-bond acceptors (Lipinski definition) is 5. The van der Waals surface area contributed by atoms with Gasteiger partial charge in [-0.15, -0.1) is 23.1 Å². The molecule has 4 nitrogen and oxygen atoms in total. The van der Waals surface area contributed by atoms with Gasteiger partial charge in [0.15, 0.2) is 0 Å². The van der Waals surface area contributed by atoms with E-state index in [1.165, 1.54) is 11.8 Å². The van der Waals surface area contributed by atoms with Crippen molar-refractivity contribution in [1.29, 1.82) is 5.26 Å². The SMILES string of the molecule is CCCCSc1sc(C(=O)O)c(N)c1C#N. The number of carboxylic acids is 1. The van der Waals surface area contributed by atoms with Gasteiger partial charge in [0.2, 0.25) is 0 Å². The average molecular weight is 256 g/mol. The first-order chi connectivity index (χ1) is 7.61. The quantitative estimate of drug-likeness (QED) is 0.624. The maximum absolute atomic E-state index is 10.8. The van der Waals surface area contributed by atoms with Gasteiger partial charge in [-0.05, 0) is 12.2 Å². The Morgan fingerprint density at radius 2 is 2.38 bits per heavy atom. The van der Waals surface area contributed by atoms with Crippen molar-refractivity contribution >= 4 is 34.8 Å². The molecule has 0 atom stereocenters. The molecule has 0 aliphatic heterocycles. The number of nitrogen functional groups attached to an aromatic ring is 1. The molecule has 0 aliphatic rings. The zero-order valence-electron chi connectivity index (χ0n) is 8.82. The van der Waals surface area contributed by atoms with Crippen molar-refractivity contribution in [2.24, 2.45) is 0 Å². The van der Waals surface area contributed by atoms with Crippen molar-refractivity contribution in [3.05, 3.63) is 10.4 Å². The van der Waals surface area contributed by atoms with Crippen molar-refractivity contribution in [2.45, 2.75) is 24.0 Å². The first-order valence-electron chi connectivity index (χ1n) is 4.80. The molecule has 0 spiro atoms. The molecule has 0 aromatic carbocycles. The largest absolute Gasteiger partial charge is 0.477 e. The summed E-state index contributed by atoms with van der Waals surface area (Å²) in [5, 5.41) is 17.8. The van der Waals surface area contributed by atoms with Crippen molar-refractivity contribution in [1.82, 2.24) is 0 Å². The van der Waals surface area contributed by atoms with Crippen LogP contribution < -0.4 is 5.73 Å². The Labute approximate surface area is 102 Å². The maximum Gasteiger partial charge on any atom is 0.348 e. The summed E-state index contributed by atoms with van der Waals surface area (Å²) in [6.07, 6.45) is 2.11. The number of carbonyl (C=O) groups is 1. The Hall–Kier alpha value is -1.19. The van der Waals surface area contributed by atoms with Crippen LogP contribution in [0.3, 0.4) is 0 Å². The Balaban J connectivity index is 2.96. The molecule has 0 fully saturated rings. The number of rotatable bonds is 5. The van der Waals surface area contributed by atoms with E-state index in [4.69, 9.17) is 16.1 Å². The summed E-state index contributed by atoms with van der Waals surface area (Å²) in [6, 6.07) is 1.97. The third-order valence-electron chi connectivity index (χ3n) is 1.95. The zero-order valence-corrected chi connectivity index (χ0v) is 10.5. The molecule has 0 saturated heterocycles. The molecule has 0 aliphatic carbocycles. The Kier molecular flexibility index (Phi) is 4.65. The van der Waals surface area contributed by atoms with Crippen LogP contribution in [0, 0.1) is 11.3 Å². The van der Waals surface area contributed by atoms with E-state index in [9.17, 15) is 4.79 Å². The fraction of sp³-hybridized carbons (Fsp3) is 0.400. The van der Waals surface area contributed by atoms with E-state index in [1.807, 2.05) is 6.07 Å². The number of carboxylic acid groups (broad SMARTS) is 1. The number of nitriles is 1. The van der Waals surface area contributed by atoms with Gasteiger partial charge in [-0.3, -0.25) is 0 Å². The summed E-state index contributed by atoms with van der Waals surface area (Å²) >= 11 is 2.59. The molecule has 1 rings (SSSR count). The predicted molar refractivity (Wildman–Crippen MR) is 66.0 cm³/mol. The minimum Gasteiger partial charge on any atom is -0.477 e. The average Bonchev–Trinajstić information content (AvgIpc) is 2.55. The lowest BCUT2D eigenvalue weighted by molar-refractivity contribution is 0.0703. The molecule has 0 radical (unpaired) electrons. The fourth-order valence-corrected chi connectivity index (χ4v) is 3.49. The third kappa shape index (κ3) is 2.68. The zero-order chi connectivity index (χ0) is 12.1. The molecule has 1 aromatic rings. The lowest BCUT2D eigenvalue weighted by Crippen LogP contribution is -1.98. The van der Waals surface area contributed by atoms with E-state index in [0.717, 1.165) is 29.9 Å². The second kappa shape index (κ2) is 5.77. The van der Waals surface area contributed by atoms with Crippen LogP contribution >= 0.6 is 23.1 Å². The summed E-state index contributed by atoms with van der Waals surface area (Å²) in [6.45, 7) is 2.08. The van der Waals surface area contributed by atoms with Gasteiger partial charge in [0.1, 0.15) is 16.5 Å². The summed E-state index contributed by atoms with van der Waals surface area (Å²) < 4.78 is 0.714. The number of thiophene rings is 1. The fourth-order valence-electron chi connectivity index (χ4n) is 1.10. The lowest BCUT2D eigenvalue weighted by Gasteiger charge is -1.96. The van der Waals surface area contributed by atoms with Crippen LogP contribution in [0.4, 0.5) is 5.69 Å². The highest BCUT2D eigenvalue weighted by Gasteiger charge is 2.20. The lowest BCUT2D eigenvalue weighted by atomic mass is 10.3. The molecule has 1 heterocycles. The molecule has 0 bridgehead atoms. The monoisotopic (exact) mass is 256 g/mol. The number of nitrogens with two attached hydrogens (primary N) is 1. The van der Waals surface area contributed by atoms with Crippen LogP contribution in [0.1, 0.15) is 35.0 Å².